The topological polar surface area (TPSA) is 44.8 Å². The van der Waals surface area contributed by atoms with Gasteiger partial charge in [-0.3, -0.25) is 4.79 Å². The normalized spacial score (nSPS) is 38.3. The zero-order chi connectivity index (χ0) is 16.1. The van der Waals surface area contributed by atoms with Crippen LogP contribution in [0.5, 0.6) is 0 Å². The standard InChI is InChI=1S/C17H30O4/c1-8-11-9-12(10-13(18)19-15(2,3)4)17(7)14(11)20-16(5,6)21-17/h11-12,14H,8-10H2,1-7H3/t11-,12-,14+,17-/m0/s1. The Morgan fingerprint density at radius 1 is 1.29 bits per heavy atom. The second kappa shape index (κ2) is 5.24. The summed E-state index contributed by atoms with van der Waals surface area (Å²) in [5.74, 6) is -0.106. The van der Waals surface area contributed by atoms with Crippen LogP contribution in [0.3, 0.4) is 0 Å². The van der Waals surface area contributed by atoms with Crippen LogP contribution in [0.15, 0.2) is 0 Å². The fraction of sp³-hybridized carbons (Fsp3) is 0.941. The van der Waals surface area contributed by atoms with Crippen molar-refractivity contribution in [1.29, 1.82) is 0 Å². The van der Waals surface area contributed by atoms with Crippen LogP contribution in [-0.2, 0) is 19.0 Å². The van der Waals surface area contributed by atoms with Gasteiger partial charge in [-0.1, -0.05) is 13.3 Å². The zero-order valence-corrected chi connectivity index (χ0v) is 14.5. The van der Waals surface area contributed by atoms with Crippen molar-refractivity contribution in [2.24, 2.45) is 11.8 Å². The third-order valence-corrected chi connectivity index (χ3v) is 4.62. The minimum atomic E-state index is -0.570. The van der Waals surface area contributed by atoms with E-state index in [1.54, 1.807) is 0 Å². The van der Waals surface area contributed by atoms with Crippen LogP contribution in [0.25, 0.3) is 0 Å². The highest BCUT2D eigenvalue weighted by Gasteiger charge is 2.61. The highest BCUT2D eigenvalue weighted by Crippen LogP contribution is 2.54. The summed E-state index contributed by atoms with van der Waals surface area (Å²) in [6.45, 7) is 13.9. The van der Waals surface area contributed by atoms with E-state index in [2.05, 4.69) is 13.8 Å². The van der Waals surface area contributed by atoms with Gasteiger partial charge in [0.25, 0.3) is 0 Å². The Hall–Kier alpha value is -0.610. The van der Waals surface area contributed by atoms with Crippen molar-refractivity contribution in [3.63, 3.8) is 0 Å². The summed E-state index contributed by atoms with van der Waals surface area (Å²) in [6, 6.07) is 0. The fourth-order valence-corrected chi connectivity index (χ4v) is 3.89. The lowest BCUT2D eigenvalue weighted by molar-refractivity contribution is -0.182. The lowest BCUT2D eigenvalue weighted by Crippen LogP contribution is -2.41. The van der Waals surface area contributed by atoms with Gasteiger partial charge in [0.1, 0.15) is 5.60 Å². The average Bonchev–Trinajstić information content (AvgIpc) is 2.64. The molecule has 4 nitrogen and oxygen atoms in total. The molecule has 2 fully saturated rings. The first-order valence-electron chi connectivity index (χ1n) is 8.06. The first kappa shape index (κ1) is 16.8. The van der Waals surface area contributed by atoms with Crippen LogP contribution in [0.1, 0.15) is 67.7 Å². The minimum Gasteiger partial charge on any atom is -0.460 e. The zero-order valence-electron chi connectivity index (χ0n) is 14.5. The van der Waals surface area contributed by atoms with Crippen LogP contribution in [-0.4, -0.2) is 29.1 Å². The Morgan fingerprint density at radius 3 is 2.43 bits per heavy atom. The van der Waals surface area contributed by atoms with Crippen molar-refractivity contribution in [3.8, 4) is 0 Å². The van der Waals surface area contributed by atoms with Crippen LogP contribution in [0, 0.1) is 11.8 Å². The average molecular weight is 298 g/mol. The Morgan fingerprint density at radius 2 is 1.90 bits per heavy atom. The third-order valence-electron chi connectivity index (χ3n) is 4.62. The minimum absolute atomic E-state index is 0.0740. The lowest BCUT2D eigenvalue weighted by atomic mass is 9.88. The van der Waals surface area contributed by atoms with Gasteiger partial charge in [0.15, 0.2) is 5.79 Å². The van der Waals surface area contributed by atoms with E-state index in [1.807, 2.05) is 34.6 Å². The summed E-state index contributed by atoms with van der Waals surface area (Å²) in [4.78, 5) is 12.2. The van der Waals surface area contributed by atoms with Crippen LogP contribution < -0.4 is 0 Å². The summed E-state index contributed by atoms with van der Waals surface area (Å²) in [5.41, 5.74) is -0.826. The van der Waals surface area contributed by atoms with Gasteiger partial charge in [-0.15, -0.1) is 0 Å². The summed E-state index contributed by atoms with van der Waals surface area (Å²) in [6.07, 6.45) is 2.49. The number of rotatable bonds is 3. The van der Waals surface area contributed by atoms with E-state index in [-0.39, 0.29) is 23.6 Å². The fourth-order valence-electron chi connectivity index (χ4n) is 3.89. The molecular formula is C17H30O4. The second-order valence-corrected chi connectivity index (χ2v) is 8.12. The first-order chi connectivity index (χ1) is 9.47. The van der Waals surface area contributed by atoms with Gasteiger partial charge in [-0.05, 0) is 53.9 Å². The molecule has 0 spiro atoms. The molecule has 0 N–H and O–H groups in total. The SMILES string of the molecule is CC[C@H]1C[C@@H](CC(=O)OC(C)(C)C)[C@]2(C)OC(C)(C)O[C@H]12. The number of fused-ring (bicyclic) bond motifs is 1. The Kier molecular flexibility index (Phi) is 4.18. The van der Waals surface area contributed by atoms with E-state index in [0.717, 1.165) is 12.8 Å². The summed E-state index contributed by atoms with van der Waals surface area (Å²) >= 11 is 0. The summed E-state index contributed by atoms with van der Waals surface area (Å²) in [7, 11) is 0. The maximum absolute atomic E-state index is 12.2. The van der Waals surface area contributed by atoms with Gasteiger partial charge < -0.3 is 14.2 Å². The smallest absolute Gasteiger partial charge is 0.306 e. The Labute approximate surface area is 128 Å². The molecule has 1 aliphatic carbocycles. The molecule has 0 aromatic rings. The predicted octanol–water partition coefficient (Wildman–Crippen LogP) is 3.67. The highest BCUT2D eigenvalue weighted by molar-refractivity contribution is 5.70. The van der Waals surface area contributed by atoms with Gasteiger partial charge in [-0.2, -0.15) is 0 Å². The van der Waals surface area contributed by atoms with Crippen LogP contribution in [0.2, 0.25) is 0 Å². The number of hydrogen-bond acceptors (Lipinski definition) is 4. The number of carbonyl (C=O) groups excluding carboxylic acids is 1. The molecule has 21 heavy (non-hydrogen) atoms. The molecule has 1 saturated heterocycles. The predicted molar refractivity (Wildman–Crippen MR) is 80.8 cm³/mol. The van der Waals surface area contributed by atoms with E-state index < -0.39 is 11.4 Å². The van der Waals surface area contributed by atoms with E-state index in [9.17, 15) is 4.79 Å². The maximum atomic E-state index is 12.2. The lowest BCUT2D eigenvalue weighted by Gasteiger charge is -2.31. The highest BCUT2D eigenvalue weighted by atomic mass is 16.8. The van der Waals surface area contributed by atoms with E-state index >= 15 is 0 Å². The van der Waals surface area contributed by atoms with Crippen molar-refractivity contribution < 1.29 is 19.0 Å². The molecule has 2 aliphatic rings. The van der Waals surface area contributed by atoms with Crippen molar-refractivity contribution in [2.45, 2.75) is 90.8 Å². The van der Waals surface area contributed by atoms with E-state index in [4.69, 9.17) is 14.2 Å². The van der Waals surface area contributed by atoms with Crippen molar-refractivity contribution in [3.05, 3.63) is 0 Å². The van der Waals surface area contributed by atoms with E-state index in [0.29, 0.717) is 12.3 Å². The third kappa shape index (κ3) is 3.42. The maximum Gasteiger partial charge on any atom is 0.306 e. The monoisotopic (exact) mass is 298 g/mol. The quantitative estimate of drug-likeness (QED) is 0.746. The summed E-state index contributed by atoms with van der Waals surface area (Å²) < 4.78 is 17.8. The molecule has 0 unspecified atom stereocenters. The molecule has 4 atom stereocenters. The molecule has 1 aliphatic heterocycles. The second-order valence-electron chi connectivity index (χ2n) is 8.12. The Balaban J connectivity index is 2.12. The molecule has 122 valence electrons. The van der Waals surface area contributed by atoms with Crippen molar-refractivity contribution in [2.75, 3.05) is 0 Å². The molecule has 0 radical (unpaired) electrons. The molecular weight excluding hydrogens is 268 g/mol. The molecule has 1 saturated carbocycles. The number of carbonyl (C=O) groups is 1. The van der Waals surface area contributed by atoms with Crippen molar-refractivity contribution >= 4 is 5.97 Å². The van der Waals surface area contributed by atoms with Gasteiger partial charge in [0.05, 0.1) is 18.1 Å². The molecule has 0 aromatic heterocycles. The molecule has 0 amide bonds. The molecule has 2 rings (SSSR count). The molecule has 1 heterocycles. The first-order valence-corrected chi connectivity index (χ1v) is 8.06. The number of esters is 1. The van der Waals surface area contributed by atoms with Gasteiger partial charge in [0.2, 0.25) is 0 Å². The van der Waals surface area contributed by atoms with Crippen molar-refractivity contribution in [1.82, 2.24) is 0 Å². The molecule has 4 heteroatoms. The van der Waals surface area contributed by atoms with Crippen LogP contribution in [0.4, 0.5) is 0 Å². The largest absolute Gasteiger partial charge is 0.460 e. The molecule has 0 aromatic carbocycles. The summed E-state index contributed by atoms with van der Waals surface area (Å²) in [5, 5.41) is 0. The van der Waals surface area contributed by atoms with Gasteiger partial charge in [0, 0.05) is 5.92 Å². The van der Waals surface area contributed by atoms with E-state index in [1.165, 1.54) is 0 Å². The number of ether oxygens (including phenoxy) is 3. The van der Waals surface area contributed by atoms with Gasteiger partial charge >= 0.3 is 5.97 Å². The Bertz CT molecular complexity index is 410. The number of hydrogen-bond donors (Lipinski definition) is 0. The molecule has 0 bridgehead atoms. The van der Waals surface area contributed by atoms with Gasteiger partial charge in [-0.25, -0.2) is 0 Å². The van der Waals surface area contributed by atoms with Crippen LogP contribution >= 0.6 is 0 Å².